The standard InChI is InChI=1S/C14H28N6O/c1-6-21-14-18-12(15-4)17-13(19-14)16-9-7-8-10-20(5)11(2)3/h11H,6-10H2,1-5H3,(H2,15,16,17,18,19). The van der Waals surface area contributed by atoms with E-state index in [1.165, 1.54) is 0 Å². The molecular formula is C14H28N6O. The molecule has 7 nitrogen and oxygen atoms in total. The van der Waals surface area contributed by atoms with E-state index in [-0.39, 0.29) is 0 Å². The minimum absolute atomic E-state index is 0.346. The third-order valence-electron chi connectivity index (χ3n) is 3.21. The van der Waals surface area contributed by atoms with Crippen LogP contribution in [0.3, 0.4) is 0 Å². The van der Waals surface area contributed by atoms with Gasteiger partial charge in [0, 0.05) is 19.6 Å². The van der Waals surface area contributed by atoms with E-state index in [4.69, 9.17) is 4.74 Å². The Kier molecular flexibility index (Phi) is 7.74. The third-order valence-corrected chi connectivity index (χ3v) is 3.21. The van der Waals surface area contributed by atoms with Gasteiger partial charge in [0.25, 0.3) is 0 Å². The molecule has 2 N–H and O–H groups in total. The monoisotopic (exact) mass is 296 g/mol. The first kappa shape index (κ1) is 17.4. The minimum atomic E-state index is 0.346. The zero-order valence-electron chi connectivity index (χ0n) is 13.8. The molecule has 0 aliphatic heterocycles. The molecule has 0 aromatic carbocycles. The van der Waals surface area contributed by atoms with Crippen molar-refractivity contribution in [3.63, 3.8) is 0 Å². The number of nitrogens with one attached hydrogen (secondary N) is 2. The molecule has 0 bridgehead atoms. The van der Waals surface area contributed by atoms with Crippen molar-refractivity contribution in [2.45, 2.75) is 39.7 Å². The fourth-order valence-electron chi connectivity index (χ4n) is 1.69. The van der Waals surface area contributed by atoms with Crippen LogP contribution in [0.4, 0.5) is 11.9 Å². The molecule has 0 unspecified atom stereocenters. The van der Waals surface area contributed by atoms with Gasteiger partial charge in [0.15, 0.2) is 0 Å². The van der Waals surface area contributed by atoms with E-state index in [0.29, 0.717) is 30.6 Å². The van der Waals surface area contributed by atoms with Crippen molar-refractivity contribution >= 4 is 11.9 Å². The molecule has 0 amide bonds. The Morgan fingerprint density at radius 2 is 1.86 bits per heavy atom. The van der Waals surface area contributed by atoms with Crippen molar-refractivity contribution in [3.8, 4) is 6.01 Å². The van der Waals surface area contributed by atoms with Crippen LogP contribution in [0.2, 0.25) is 0 Å². The third kappa shape index (κ3) is 6.57. The van der Waals surface area contributed by atoms with E-state index < -0.39 is 0 Å². The zero-order valence-corrected chi connectivity index (χ0v) is 13.8. The Morgan fingerprint density at radius 3 is 2.48 bits per heavy atom. The van der Waals surface area contributed by atoms with Crippen LogP contribution >= 0.6 is 0 Å². The molecule has 0 aliphatic carbocycles. The highest BCUT2D eigenvalue weighted by Crippen LogP contribution is 2.10. The highest BCUT2D eigenvalue weighted by Gasteiger charge is 2.06. The van der Waals surface area contributed by atoms with E-state index in [2.05, 4.69) is 51.4 Å². The second kappa shape index (κ2) is 9.33. The summed E-state index contributed by atoms with van der Waals surface area (Å²) in [6.45, 7) is 8.79. The first-order chi connectivity index (χ1) is 10.1. The Balaban J connectivity index is 2.39. The molecule has 0 atom stereocenters. The summed E-state index contributed by atoms with van der Waals surface area (Å²) in [6, 6.07) is 0.937. The van der Waals surface area contributed by atoms with Gasteiger partial charge in [-0.05, 0) is 47.2 Å². The second-order valence-electron chi connectivity index (χ2n) is 5.16. The van der Waals surface area contributed by atoms with Gasteiger partial charge in [-0.1, -0.05) is 0 Å². The van der Waals surface area contributed by atoms with Crippen molar-refractivity contribution in [1.29, 1.82) is 0 Å². The number of hydrogen-bond donors (Lipinski definition) is 2. The normalized spacial score (nSPS) is 11.0. The number of rotatable bonds is 10. The highest BCUT2D eigenvalue weighted by atomic mass is 16.5. The SMILES string of the molecule is CCOc1nc(NC)nc(NCCCCN(C)C(C)C)n1. The first-order valence-electron chi connectivity index (χ1n) is 7.57. The van der Waals surface area contributed by atoms with E-state index >= 15 is 0 Å². The van der Waals surface area contributed by atoms with E-state index in [9.17, 15) is 0 Å². The quantitative estimate of drug-likeness (QED) is 0.638. The number of aromatic nitrogens is 3. The molecule has 0 saturated carbocycles. The maximum Gasteiger partial charge on any atom is 0.323 e. The van der Waals surface area contributed by atoms with Crippen LogP contribution in [0, 0.1) is 0 Å². The smallest absolute Gasteiger partial charge is 0.323 e. The van der Waals surface area contributed by atoms with Gasteiger partial charge in [-0.15, -0.1) is 0 Å². The van der Waals surface area contributed by atoms with Crippen LogP contribution < -0.4 is 15.4 Å². The summed E-state index contributed by atoms with van der Waals surface area (Å²) >= 11 is 0. The van der Waals surface area contributed by atoms with E-state index in [1.807, 2.05) is 6.92 Å². The summed E-state index contributed by atoms with van der Waals surface area (Å²) < 4.78 is 5.33. The maximum atomic E-state index is 5.33. The Bertz CT molecular complexity index is 412. The van der Waals surface area contributed by atoms with Crippen molar-refractivity contribution in [2.75, 3.05) is 44.4 Å². The second-order valence-corrected chi connectivity index (χ2v) is 5.16. The molecule has 0 radical (unpaired) electrons. The summed E-state index contributed by atoms with van der Waals surface area (Å²) in [5.74, 6) is 1.06. The first-order valence-corrected chi connectivity index (χ1v) is 7.57. The number of unbranched alkanes of at least 4 members (excludes halogenated alkanes) is 1. The van der Waals surface area contributed by atoms with Crippen molar-refractivity contribution in [3.05, 3.63) is 0 Å². The largest absolute Gasteiger partial charge is 0.464 e. The van der Waals surface area contributed by atoms with E-state index in [1.54, 1.807) is 7.05 Å². The van der Waals surface area contributed by atoms with Crippen molar-refractivity contribution < 1.29 is 4.74 Å². The van der Waals surface area contributed by atoms with Gasteiger partial charge in [0.05, 0.1) is 6.61 Å². The molecule has 1 aromatic rings. The van der Waals surface area contributed by atoms with Gasteiger partial charge in [-0.25, -0.2) is 0 Å². The predicted octanol–water partition coefficient (Wildman–Crippen LogP) is 1.84. The summed E-state index contributed by atoms with van der Waals surface area (Å²) in [6.07, 6.45) is 2.21. The zero-order chi connectivity index (χ0) is 15.7. The summed E-state index contributed by atoms with van der Waals surface area (Å²) in [7, 11) is 3.92. The molecule has 7 heteroatoms. The average molecular weight is 296 g/mol. The van der Waals surface area contributed by atoms with Crippen LogP contribution in [0.25, 0.3) is 0 Å². The minimum Gasteiger partial charge on any atom is -0.464 e. The maximum absolute atomic E-state index is 5.33. The van der Waals surface area contributed by atoms with Crippen LogP contribution in [0.1, 0.15) is 33.6 Å². The molecule has 0 aliphatic rings. The lowest BCUT2D eigenvalue weighted by Gasteiger charge is -2.20. The summed E-state index contributed by atoms with van der Waals surface area (Å²) in [5, 5.41) is 6.13. The fourth-order valence-corrected chi connectivity index (χ4v) is 1.69. The number of hydrogen-bond acceptors (Lipinski definition) is 7. The predicted molar refractivity (Wildman–Crippen MR) is 86.0 cm³/mol. The molecule has 1 aromatic heterocycles. The van der Waals surface area contributed by atoms with Gasteiger partial charge < -0.3 is 20.3 Å². The molecule has 0 fully saturated rings. The van der Waals surface area contributed by atoms with Gasteiger partial charge in [0.1, 0.15) is 0 Å². The van der Waals surface area contributed by atoms with Crippen molar-refractivity contribution in [2.24, 2.45) is 0 Å². The van der Waals surface area contributed by atoms with Gasteiger partial charge in [-0.3, -0.25) is 0 Å². The Hall–Kier alpha value is -1.63. The lowest BCUT2D eigenvalue weighted by molar-refractivity contribution is 0.269. The Morgan fingerprint density at radius 1 is 1.14 bits per heavy atom. The average Bonchev–Trinajstić information content (AvgIpc) is 2.46. The van der Waals surface area contributed by atoms with Crippen LogP contribution in [0.15, 0.2) is 0 Å². The van der Waals surface area contributed by atoms with Crippen LogP contribution in [-0.2, 0) is 0 Å². The van der Waals surface area contributed by atoms with Crippen molar-refractivity contribution in [1.82, 2.24) is 19.9 Å². The molecular weight excluding hydrogens is 268 g/mol. The topological polar surface area (TPSA) is 75.2 Å². The number of anilines is 2. The van der Waals surface area contributed by atoms with Gasteiger partial charge in [0.2, 0.25) is 11.9 Å². The lowest BCUT2D eigenvalue weighted by atomic mass is 10.2. The highest BCUT2D eigenvalue weighted by molar-refractivity contribution is 5.35. The molecule has 0 spiro atoms. The Labute approximate surface area is 127 Å². The summed E-state index contributed by atoms with van der Waals surface area (Å²) in [4.78, 5) is 15.0. The molecule has 0 saturated heterocycles. The van der Waals surface area contributed by atoms with E-state index in [0.717, 1.165) is 25.9 Å². The molecule has 1 heterocycles. The van der Waals surface area contributed by atoms with Crippen LogP contribution in [0.5, 0.6) is 6.01 Å². The number of ether oxygens (including phenoxy) is 1. The number of nitrogens with zero attached hydrogens (tertiary/aromatic N) is 4. The lowest BCUT2D eigenvalue weighted by Crippen LogP contribution is -2.27. The van der Waals surface area contributed by atoms with Gasteiger partial charge in [-0.2, -0.15) is 15.0 Å². The van der Waals surface area contributed by atoms with Crippen LogP contribution in [-0.4, -0.2) is 59.7 Å². The molecule has 21 heavy (non-hydrogen) atoms. The fraction of sp³-hybridized carbons (Fsp3) is 0.786. The molecule has 120 valence electrons. The van der Waals surface area contributed by atoms with Gasteiger partial charge >= 0.3 is 6.01 Å². The summed E-state index contributed by atoms with van der Waals surface area (Å²) in [5.41, 5.74) is 0. The molecule has 1 rings (SSSR count).